The van der Waals surface area contributed by atoms with Gasteiger partial charge in [0.05, 0.1) is 24.6 Å². The number of nitriles is 1. The molecule has 0 saturated carbocycles. The van der Waals surface area contributed by atoms with Crippen molar-refractivity contribution < 1.29 is 14.3 Å². The highest BCUT2D eigenvalue weighted by molar-refractivity contribution is 5.91. The van der Waals surface area contributed by atoms with Gasteiger partial charge >= 0.3 is 0 Å². The number of rotatable bonds is 5. The molecule has 21 heavy (non-hydrogen) atoms. The van der Waals surface area contributed by atoms with Gasteiger partial charge in [-0.3, -0.25) is 4.79 Å². The molecule has 2 aromatic rings. The molecule has 6 heteroatoms. The summed E-state index contributed by atoms with van der Waals surface area (Å²) in [5.74, 6) is 0.505. The van der Waals surface area contributed by atoms with E-state index in [-0.39, 0.29) is 12.5 Å². The molecule has 1 aromatic carbocycles. The number of nitrogens with zero attached hydrogens (tertiary/aromatic N) is 2. The minimum absolute atomic E-state index is 0.190. The molecule has 1 heterocycles. The van der Waals surface area contributed by atoms with E-state index in [1.807, 2.05) is 6.07 Å². The Morgan fingerprint density at radius 3 is 2.81 bits per heavy atom. The molecule has 2 rings (SSSR count). The number of aromatic nitrogens is 1. The van der Waals surface area contributed by atoms with Crippen molar-refractivity contribution in [2.75, 3.05) is 19.0 Å². The topological polar surface area (TPSA) is 84.2 Å². The second-order valence-corrected chi connectivity index (χ2v) is 4.03. The first kappa shape index (κ1) is 14.3. The van der Waals surface area contributed by atoms with Crippen molar-refractivity contribution in [3.05, 3.63) is 48.2 Å². The van der Waals surface area contributed by atoms with E-state index in [1.165, 1.54) is 13.3 Å². The number of hydrogen-bond donors (Lipinski definition) is 1. The third-order valence-corrected chi connectivity index (χ3v) is 2.60. The third-order valence-electron chi connectivity index (χ3n) is 2.60. The van der Waals surface area contributed by atoms with Gasteiger partial charge in [-0.2, -0.15) is 5.26 Å². The van der Waals surface area contributed by atoms with E-state index < -0.39 is 0 Å². The van der Waals surface area contributed by atoms with E-state index in [1.54, 1.807) is 36.4 Å². The molecule has 0 fully saturated rings. The van der Waals surface area contributed by atoms with Crippen molar-refractivity contribution in [3.8, 4) is 17.7 Å². The van der Waals surface area contributed by atoms with E-state index >= 15 is 0 Å². The number of methoxy groups -OCH3 is 1. The van der Waals surface area contributed by atoms with Crippen LogP contribution in [0, 0.1) is 11.3 Å². The van der Waals surface area contributed by atoms with Crippen LogP contribution in [0.15, 0.2) is 42.6 Å². The predicted molar refractivity (Wildman–Crippen MR) is 76.1 cm³/mol. The number of benzene rings is 1. The van der Waals surface area contributed by atoms with E-state index in [9.17, 15) is 4.79 Å². The first-order chi connectivity index (χ1) is 10.2. The summed E-state index contributed by atoms with van der Waals surface area (Å²) in [5, 5.41) is 11.6. The van der Waals surface area contributed by atoms with Crippen LogP contribution in [0.1, 0.15) is 5.56 Å². The summed E-state index contributed by atoms with van der Waals surface area (Å²) in [6.45, 7) is -0.190. The quantitative estimate of drug-likeness (QED) is 0.907. The zero-order chi connectivity index (χ0) is 15.1. The molecule has 1 aromatic heterocycles. The van der Waals surface area contributed by atoms with Gasteiger partial charge in [-0.25, -0.2) is 4.98 Å². The van der Waals surface area contributed by atoms with Crippen molar-refractivity contribution in [1.82, 2.24) is 4.98 Å². The maximum absolute atomic E-state index is 11.8. The van der Waals surface area contributed by atoms with Crippen LogP contribution in [-0.2, 0) is 4.79 Å². The van der Waals surface area contributed by atoms with Gasteiger partial charge in [-0.05, 0) is 18.2 Å². The van der Waals surface area contributed by atoms with Gasteiger partial charge in [0.2, 0.25) is 5.88 Å². The fraction of sp³-hybridized carbons (Fsp3) is 0.133. The maximum atomic E-state index is 11.8. The van der Waals surface area contributed by atoms with E-state index in [2.05, 4.69) is 10.3 Å². The highest BCUT2D eigenvalue weighted by Crippen LogP contribution is 2.16. The number of para-hydroxylation sites is 1. The number of carbonyl (C=O) groups is 1. The molecule has 106 valence electrons. The average Bonchev–Trinajstić information content (AvgIpc) is 2.54. The molecule has 0 atom stereocenters. The van der Waals surface area contributed by atoms with Crippen LogP contribution in [-0.4, -0.2) is 24.6 Å². The molecular formula is C15H13N3O3. The zero-order valence-corrected chi connectivity index (χ0v) is 11.4. The smallest absolute Gasteiger partial charge is 0.262 e. The molecule has 1 N–H and O–H groups in total. The van der Waals surface area contributed by atoms with Crippen LogP contribution in [0.25, 0.3) is 0 Å². The van der Waals surface area contributed by atoms with Gasteiger partial charge in [-0.15, -0.1) is 0 Å². The van der Waals surface area contributed by atoms with Crippen molar-refractivity contribution in [2.24, 2.45) is 0 Å². The molecule has 0 radical (unpaired) electrons. The number of carbonyl (C=O) groups excluding carboxylic acids is 1. The van der Waals surface area contributed by atoms with Crippen LogP contribution < -0.4 is 14.8 Å². The van der Waals surface area contributed by atoms with Crippen LogP contribution in [0.4, 0.5) is 5.69 Å². The Labute approximate surface area is 121 Å². The number of pyridine rings is 1. The summed E-state index contributed by atoms with van der Waals surface area (Å²) >= 11 is 0. The lowest BCUT2D eigenvalue weighted by Crippen LogP contribution is -2.20. The Bertz CT molecular complexity index is 663. The fourth-order valence-electron chi connectivity index (χ4n) is 1.60. The van der Waals surface area contributed by atoms with Crippen LogP contribution in [0.5, 0.6) is 11.6 Å². The van der Waals surface area contributed by atoms with Crippen LogP contribution in [0.3, 0.4) is 0 Å². The van der Waals surface area contributed by atoms with Gasteiger partial charge in [-0.1, -0.05) is 12.1 Å². The Morgan fingerprint density at radius 1 is 1.33 bits per heavy atom. The number of amides is 1. The van der Waals surface area contributed by atoms with Crippen molar-refractivity contribution in [3.63, 3.8) is 0 Å². The summed E-state index contributed by atoms with van der Waals surface area (Å²) in [7, 11) is 1.51. The molecule has 0 aliphatic carbocycles. The lowest BCUT2D eigenvalue weighted by molar-refractivity contribution is -0.118. The van der Waals surface area contributed by atoms with Crippen molar-refractivity contribution in [1.29, 1.82) is 5.26 Å². The second kappa shape index (κ2) is 6.91. The van der Waals surface area contributed by atoms with Crippen LogP contribution >= 0.6 is 0 Å². The molecule has 6 nitrogen and oxygen atoms in total. The minimum atomic E-state index is -0.338. The predicted octanol–water partition coefficient (Wildman–Crippen LogP) is 1.98. The minimum Gasteiger partial charge on any atom is -0.482 e. The second-order valence-electron chi connectivity index (χ2n) is 4.03. The fourth-order valence-corrected chi connectivity index (χ4v) is 1.60. The molecular weight excluding hydrogens is 270 g/mol. The van der Waals surface area contributed by atoms with Gasteiger partial charge in [0.1, 0.15) is 11.8 Å². The standard InChI is InChI=1S/C15H13N3O3/c1-20-15-7-6-12(9-17-15)18-14(19)10-21-13-5-3-2-4-11(13)8-16/h2-7,9H,10H2,1H3,(H,18,19). The summed E-state index contributed by atoms with van der Waals surface area (Å²) in [6.07, 6.45) is 1.49. The molecule has 0 aliphatic rings. The number of nitrogens with one attached hydrogen (secondary N) is 1. The largest absolute Gasteiger partial charge is 0.482 e. The van der Waals surface area contributed by atoms with E-state index in [0.717, 1.165) is 0 Å². The molecule has 0 unspecified atom stereocenters. The van der Waals surface area contributed by atoms with Crippen molar-refractivity contribution in [2.45, 2.75) is 0 Å². The molecule has 0 aliphatic heterocycles. The Morgan fingerprint density at radius 2 is 2.14 bits per heavy atom. The van der Waals surface area contributed by atoms with E-state index in [0.29, 0.717) is 22.9 Å². The van der Waals surface area contributed by atoms with Gasteiger partial charge in [0, 0.05) is 6.07 Å². The van der Waals surface area contributed by atoms with Gasteiger partial charge in [0.15, 0.2) is 6.61 Å². The normalized spacial score (nSPS) is 9.52. The van der Waals surface area contributed by atoms with E-state index in [4.69, 9.17) is 14.7 Å². The zero-order valence-electron chi connectivity index (χ0n) is 11.4. The highest BCUT2D eigenvalue weighted by Gasteiger charge is 2.07. The molecule has 0 saturated heterocycles. The first-order valence-corrected chi connectivity index (χ1v) is 6.14. The van der Waals surface area contributed by atoms with Gasteiger partial charge < -0.3 is 14.8 Å². The van der Waals surface area contributed by atoms with Crippen LogP contribution in [0.2, 0.25) is 0 Å². The Balaban J connectivity index is 1.91. The third kappa shape index (κ3) is 3.94. The maximum Gasteiger partial charge on any atom is 0.262 e. The summed E-state index contributed by atoms with van der Waals surface area (Å²) in [6, 6.07) is 12.0. The summed E-state index contributed by atoms with van der Waals surface area (Å²) < 4.78 is 10.3. The molecule has 0 bridgehead atoms. The molecule has 0 spiro atoms. The first-order valence-electron chi connectivity index (χ1n) is 6.14. The lowest BCUT2D eigenvalue weighted by Gasteiger charge is -2.08. The SMILES string of the molecule is COc1ccc(NC(=O)COc2ccccc2C#N)cn1. The van der Waals surface area contributed by atoms with Crippen molar-refractivity contribution >= 4 is 11.6 Å². The number of ether oxygens (including phenoxy) is 2. The number of anilines is 1. The monoisotopic (exact) mass is 283 g/mol. The lowest BCUT2D eigenvalue weighted by atomic mass is 10.2. The number of hydrogen-bond acceptors (Lipinski definition) is 5. The average molecular weight is 283 g/mol. The van der Waals surface area contributed by atoms with Gasteiger partial charge in [0.25, 0.3) is 5.91 Å². The highest BCUT2D eigenvalue weighted by atomic mass is 16.5. The summed E-state index contributed by atoms with van der Waals surface area (Å²) in [4.78, 5) is 15.7. The Hall–Kier alpha value is -3.07. The Kier molecular flexibility index (Phi) is 4.72. The summed E-state index contributed by atoms with van der Waals surface area (Å²) in [5.41, 5.74) is 0.925. The molecule has 1 amide bonds.